The summed E-state index contributed by atoms with van der Waals surface area (Å²) in [5.74, 6) is 0. The third-order valence-corrected chi connectivity index (χ3v) is 6.91. The molecule has 0 atom stereocenters. The molecule has 0 nitrogen and oxygen atoms in total. The van der Waals surface area contributed by atoms with Gasteiger partial charge < -0.3 is 0 Å². The predicted octanol–water partition coefficient (Wildman–Crippen LogP) is 8.38. The maximum absolute atomic E-state index is 2.41. The zero-order valence-electron chi connectivity index (χ0n) is 17.1. The molecule has 0 amide bonds. The van der Waals surface area contributed by atoms with Gasteiger partial charge in [0, 0.05) is 0 Å². The van der Waals surface area contributed by atoms with E-state index in [1.54, 1.807) is 0 Å². The minimum atomic E-state index is 1.01. The van der Waals surface area contributed by atoms with Gasteiger partial charge in [0.1, 0.15) is 0 Å². The van der Waals surface area contributed by atoms with E-state index in [0.717, 1.165) is 6.42 Å². The third kappa shape index (κ3) is 2.36. The zero-order chi connectivity index (χ0) is 20.4. The molecule has 0 fully saturated rings. The smallest absolute Gasteiger partial charge is 0.000729 e. The second-order valence-corrected chi connectivity index (χ2v) is 8.52. The van der Waals surface area contributed by atoms with E-state index in [0.29, 0.717) is 0 Å². The fourth-order valence-electron chi connectivity index (χ4n) is 5.50. The summed E-state index contributed by atoms with van der Waals surface area (Å²) in [6, 6.07) is 40.2. The molecule has 144 valence electrons. The molecule has 0 saturated heterocycles. The molecular weight excluding hydrogens is 372 g/mol. The van der Waals surface area contributed by atoms with Crippen molar-refractivity contribution < 1.29 is 0 Å². The van der Waals surface area contributed by atoms with Crippen molar-refractivity contribution in [3.8, 4) is 22.3 Å². The Bertz CT molecular complexity index is 1620. The van der Waals surface area contributed by atoms with Gasteiger partial charge in [-0.2, -0.15) is 0 Å². The monoisotopic (exact) mass is 392 g/mol. The van der Waals surface area contributed by atoms with E-state index in [9.17, 15) is 0 Å². The van der Waals surface area contributed by atoms with E-state index in [1.165, 1.54) is 65.7 Å². The van der Waals surface area contributed by atoms with E-state index in [-0.39, 0.29) is 0 Å². The van der Waals surface area contributed by atoms with Gasteiger partial charge in [0.25, 0.3) is 0 Å². The SMILES string of the molecule is c1ccc2c(c1)Cc1c(-c3ccc4c5ccccc5c5ccccc5c4c3)cccc1-2. The number of fused-ring (bicyclic) bond motifs is 9. The summed E-state index contributed by atoms with van der Waals surface area (Å²) in [5.41, 5.74) is 8.31. The summed E-state index contributed by atoms with van der Waals surface area (Å²) in [6.45, 7) is 0. The fourth-order valence-corrected chi connectivity index (χ4v) is 5.50. The largest absolute Gasteiger partial charge is 0.0619 e. The van der Waals surface area contributed by atoms with Crippen LogP contribution in [0.4, 0.5) is 0 Å². The molecule has 31 heavy (non-hydrogen) atoms. The second kappa shape index (κ2) is 6.30. The summed E-state index contributed by atoms with van der Waals surface area (Å²) in [4.78, 5) is 0. The summed E-state index contributed by atoms with van der Waals surface area (Å²) in [5, 5.41) is 7.97. The first kappa shape index (κ1) is 16.8. The molecule has 0 N–H and O–H groups in total. The van der Waals surface area contributed by atoms with E-state index in [2.05, 4.69) is 109 Å². The average Bonchev–Trinajstić information content (AvgIpc) is 3.23. The van der Waals surface area contributed by atoms with Crippen LogP contribution >= 0.6 is 0 Å². The number of benzene rings is 6. The van der Waals surface area contributed by atoms with Crippen molar-refractivity contribution in [2.75, 3.05) is 0 Å². The lowest BCUT2D eigenvalue weighted by molar-refractivity contribution is 1.26. The normalized spacial score (nSPS) is 12.4. The topological polar surface area (TPSA) is 0 Å². The van der Waals surface area contributed by atoms with E-state index >= 15 is 0 Å². The molecular formula is C31H20. The second-order valence-electron chi connectivity index (χ2n) is 8.52. The molecule has 0 aliphatic heterocycles. The van der Waals surface area contributed by atoms with Crippen molar-refractivity contribution >= 4 is 32.3 Å². The van der Waals surface area contributed by atoms with Crippen LogP contribution < -0.4 is 0 Å². The highest BCUT2D eigenvalue weighted by atomic mass is 14.2. The highest BCUT2D eigenvalue weighted by Gasteiger charge is 2.21. The van der Waals surface area contributed by atoms with Gasteiger partial charge in [0.2, 0.25) is 0 Å². The van der Waals surface area contributed by atoms with Crippen LogP contribution in [-0.4, -0.2) is 0 Å². The number of hydrogen-bond donors (Lipinski definition) is 0. The van der Waals surface area contributed by atoms with Crippen LogP contribution in [0.1, 0.15) is 11.1 Å². The van der Waals surface area contributed by atoms with Crippen LogP contribution in [0.2, 0.25) is 0 Å². The van der Waals surface area contributed by atoms with Crippen molar-refractivity contribution in [1.82, 2.24) is 0 Å². The summed E-state index contributed by atoms with van der Waals surface area (Å²) >= 11 is 0. The first-order valence-electron chi connectivity index (χ1n) is 10.9. The molecule has 6 aromatic rings. The Morgan fingerprint density at radius 2 is 0.935 bits per heavy atom. The highest BCUT2D eigenvalue weighted by molar-refractivity contribution is 6.25. The average molecular weight is 393 g/mol. The Labute approximate surface area is 181 Å². The van der Waals surface area contributed by atoms with Crippen LogP contribution in [-0.2, 0) is 6.42 Å². The Morgan fingerprint density at radius 1 is 0.387 bits per heavy atom. The minimum Gasteiger partial charge on any atom is -0.0619 e. The van der Waals surface area contributed by atoms with Gasteiger partial charge in [0.15, 0.2) is 0 Å². The Kier molecular flexibility index (Phi) is 3.42. The van der Waals surface area contributed by atoms with Gasteiger partial charge in [-0.05, 0) is 78.2 Å². The zero-order valence-corrected chi connectivity index (χ0v) is 17.1. The molecule has 6 aromatic carbocycles. The molecule has 0 saturated carbocycles. The molecule has 1 aliphatic rings. The van der Waals surface area contributed by atoms with Crippen molar-refractivity contribution in [1.29, 1.82) is 0 Å². The number of hydrogen-bond acceptors (Lipinski definition) is 0. The van der Waals surface area contributed by atoms with Crippen LogP contribution in [0.3, 0.4) is 0 Å². The summed E-state index contributed by atoms with van der Waals surface area (Å²) < 4.78 is 0. The van der Waals surface area contributed by atoms with Gasteiger partial charge in [-0.15, -0.1) is 0 Å². The van der Waals surface area contributed by atoms with Crippen LogP contribution in [0, 0.1) is 0 Å². The lowest BCUT2D eigenvalue weighted by atomic mass is 9.90. The molecule has 0 bridgehead atoms. The number of rotatable bonds is 1. The van der Waals surface area contributed by atoms with Crippen molar-refractivity contribution in [3.63, 3.8) is 0 Å². The van der Waals surface area contributed by atoms with Gasteiger partial charge in [0.05, 0.1) is 0 Å². The molecule has 0 unspecified atom stereocenters. The lowest BCUT2D eigenvalue weighted by Crippen LogP contribution is -1.89. The summed E-state index contributed by atoms with van der Waals surface area (Å²) in [7, 11) is 0. The van der Waals surface area contributed by atoms with Crippen LogP contribution in [0.25, 0.3) is 54.6 Å². The predicted molar refractivity (Wildman–Crippen MR) is 133 cm³/mol. The molecule has 0 radical (unpaired) electrons. The Hall–Kier alpha value is -3.90. The Morgan fingerprint density at radius 3 is 1.68 bits per heavy atom. The molecule has 0 spiro atoms. The lowest BCUT2D eigenvalue weighted by Gasteiger charge is -2.14. The molecule has 7 rings (SSSR count). The van der Waals surface area contributed by atoms with Gasteiger partial charge in [-0.1, -0.05) is 103 Å². The maximum atomic E-state index is 2.41. The van der Waals surface area contributed by atoms with E-state index in [4.69, 9.17) is 0 Å². The minimum absolute atomic E-state index is 1.01. The quantitative estimate of drug-likeness (QED) is 0.246. The molecule has 0 heteroatoms. The summed E-state index contributed by atoms with van der Waals surface area (Å²) in [6.07, 6.45) is 1.01. The van der Waals surface area contributed by atoms with Crippen molar-refractivity contribution in [3.05, 3.63) is 120 Å². The van der Waals surface area contributed by atoms with Crippen LogP contribution in [0.5, 0.6) is 0 Å². The maximum Gasteiger partial charge on any atom is -0.000729 e. The van der Waals surface area contributed by atoms with E-state index in [1.807, 2.05) is 0 Å². The first-order valence-corrected chi connectivity index (χ1v) is 10.9. The standard InChI is InChI=1S/C31H20/c1-2-9-22-20(8-1)18-30-23(14-7-15-24(22)30)21-16-17-29-27-12-4-3-10-25(27)26-11-5-6-13-28(26)31(29)19-21/h1-17,19H,18H2. The fraction of sp³-hybridized carbons (Fsp3) is 0.0323. The molecule has 1 aliphatic carbocycles. The molecule has 0 aromatic heterocycles. The van der Waals surface area contributed by atoms with Crippen molar-refractivity contribution in [2.45, 2.75) is 6.42 Å². The van der Waals surface area contributed by atoms with E-state index < -0.39 is 0 Å². The van der Waals surface area contributed by atoms with Gasteiger partial charge in [-0.25, -0.2) is 0 Å². The third-order valence-electron chi connectivity index (χ3n) is 6.91. The highest BCUT2D eigenvalue weighted by Crippen LogP contribution is 2.43. The van der Waals surface area contributed by atoms with Crippen LogP contribution in [0.15, 0.2) is 109 Å². The first-order chi connectivity index (χ1) is 15.4. The van der Waals surface area contributed by atoms with Gasteiger partial charge >= 0.3 is 0 Å². The molecule has 0 heterocycles. The van der Waals surface area contributed by atoms with Crippen molar-refractivity contribution in [2.24, 2.45) is 0 Å². The Balaban J connectivity index is 1.53. The van der Waals surface area contributed by atoms with Gasteiger partial charge in [-0.3, -0.25) is 0 Å².